The molecule has 140 valence electrons. The van der Waals surface area contributed by atoms with E-state index >= 15 is 0 Å². The summed E-state index contributed by atoms with van der Waals surface area (Å²) in [6, 6.07) is 16.6. The van der Waals surface area contributed by atoms with Crippen LogP contribution in [0, 0.1) is 0 Å². The van der Waals surface area contributed by atoms with Gasteiger partial charge in [-0.15, -0.1) is 0 Å². The number of fused-ring (bicyclic) bond motifs is 2. The maximum absolute atomic E-state index is 12.8. The van der Waals surface area contributed by atoms with Crippen molar-refractivity contribution < 1.29 is 4.79 Å². The normalized spacial score (nSPS) is 12.2. The van der Waals surface area contributed by atoms with Crippen LogP contribution in [-0.2, 0) is 11.8 Å². The molecule has 0 bridgehead atoms. The molecule has 0 aliphatic rings. The number of para-hydroxylation sites is 1. The molecule has 2 aromatic heterocycles. The second kappa shape index (κ2) is 7.44. The van der Waals surface area contributed by atoms with E-state index < -0.39 is 5.25 Å². The number of hydrogen-bond acceptors (Lipinski definition) is 5. The maximum Gasteiger partial charge on any atom is 0.261 e. The number of rotatable bonds is 4. The molecule has 0 saturated carbocycles. The van der Waals surface area contributed by atoms with Crippen molar-refractivity contribution >= 4 is 45.2 Å². The van der Waals surface area contributed by atoms with Crippen molar-refractivity contribution in [3.8, 4) is 0 Å². The lowest BCUT2D eigenvalue weighted by molar-refractivity contribution is -0.115. The Hall–Kier alpha value is -3.19. The molecule has 7 heteroatoms. The third kappa shape index (κ3) is 3.36. The minimum absolute atomic E-state index is 0.124. The summed E-state index contributed by atoms with van der Waals surface area (Å²) in [5.74, 6) is -0.163. The summed E-state index contributed by atoms with van der Waals surface area (Å²) in [7, 11) is 1.67. The van der Waals surface area contributed by atoms with Crippen LogP contribution in [0.3, 0.4) is 0 Å². The second-order valence-electron chi connectivity index (χ2n) is 6.40. The Labute approximate surface area is 165 Å². The molecule has 2 aromatic carbocycles. The van der Waals surface area contributed by atoms with E-state index in [4.69, 9.17) is 0 Å². The minimum Gasteiger partial charge on any atom is -0.324 e. The number of hydrogen-bond donors (Lipinski definition) is 1. The molecule has 1 atom stereocenters. The third-order valence-electron chi connectivity index (χ3n) is 4.50. The molecule has 0 aliphatic heterocycles. The largest absolute Gasteiger partial charge is 0.324 e. The first-order chi connectivity index (χ1) is 13.5. The van der Waals surface area contributed by atoms with Gasteiger partial charge in [0.1, 0.15) is 0 Å². The number of carbonyl (C=O) groups excluding carboxylic acids is 1. The van der Waals surface area contributed by atoms with E-state index in [-0.39, 0.29) is 11.5 Å². The molecule has 2 heterocycles. The number of benzene rings is 2. The monoisotopic (exact) mass is 390 g/mol. The lowest BCUT2D eigenvalue weighted by Gasteiger charge is -2.15. The van der Waals surface area contributed by atoms with E-state index in [0.717, 1.165) is 10.9 Å². The first kappa shape index (κ1) is 18.2. The van der Waals surface area contributed by atoms with Gasteiger partial charge in [-0.3, -0.25) is 19.1 Å². The second-order valence-corrected chi connectivity index (χ2v) is 7.71. The standard InChI is InChI=1S/C21H18N4O2S/c1-13(19(26)23-17-11-5-10-16-14(17)8-6-12-22-16)28-21-24-18-9-4-3-7-15(18)20(27)25(21)2/h3-13H,1-2H3,(H,23,26)/t13-/m0/s1. The van der Waals surface area contributed by atoms with Crippen LogP contribution in [0.5, 0.6) is 0 Å². The van der Waals surface area contributed by atoms with Gasteiger partial charge in [-0.1, -0.05) is 30.0 Å². The van der Waals surface area contributed by atoms with E-state index in [1.54, 1.807) is 32.3 Å². The Balaban J connectivity index is 1.59. The Morgan fingerprint density at radius 1 is 1.04 bits per heavy atom. The first-order valence-corrected chi connectivity index (χ1v) is 9.69. The van der Waals surface area contributed by atoms with Crippen LogP contribution in [0.4, 0.5) is 5.69 Å². The number of nitrogens with one attached hydrogen (secondary N) is 1. The zero-order valence-electron chi connectivity index (χ0n) is 15.4. The highest BCUT2D eigenvalue weighted by Crippen LogP contribution is 2.25. The molecule has 4 aromatic rings. The van der Waals surface area contributed by atoms with E-state index in [1.165, 1.54) is 16.3 Å². The number of thioether (sulfide) groups is 1. The highest BCUT2D eigenvalue weighted by molar-refractivity contribution is 8.00. The number of anilines is 1. The molecule has 0 fully saturated rings. The molecule has 0 unspecified atom stereocenters. The van der Waals surface area contributed by atoms with Crippen molar-refractivity contribution in [3.05, 3.63) is 71.1 Å². The summed E-state index contributed by atoms with van der Waals surface area (Å²) in [6.45, 7) is 1.80. The van der Waals surface area contributed by atoms with Gasteiger partial charge in [-0.25, -0.2) is 4.98 Å². The van der Waals surface area contributed by atoms with Crippen LogP contribution in [0.15, 0.2) is 70.7 Å². The smallest absolute Gasteiger partial charge is 0.261 e. The van der Waals surface area contributed by atoms with Gasteiger partial charge in [0.15, 0.2) is 5.16 Å². The lowest BCUT2D eigenvalue weighted by Crippen LogP contribution is -2.25. The molecule has 28 heavy (non-hydrogen) atoms. The van der Waals surface area contributed by atoms with Gasteiger partial charge in [-0.2, -0.15) is 0 Å². The van der Waals surface area contributed by atoms with Gasteiger partial charge < -0.3 is 5.32 Å². The molecule has 0 aliphatic carbocycles. The predicted octanol–water partition coefficient (Wildman–Crippen LogP) is 3.60. The van der Waals surface area contributed by atoms with Crippen LogP contribution >= 0.6 is 11.8 Å². The minimum atomic E-state index is -0.439. The van der Waals surface area contributed by atoms with Gasteiger partial charge in [0.05, 0.1) is 27.4 Å². The van der Waals surface area contributed by atoms with Crippen LogP contribution in [0.2, 0.25) is 0 Å². The summed E-state index contributed by atoms with van der Waals surface area (Å²) in [4.78, 5) is 34.2. The molecule has 4 rings (SSSR count). The highest BCUT2D eigenvalue weighted by atomic mass is 32.2. The van der Waals surface area contributed by atoms with Crippen molar-refractivity contribution in [3.63, 3.8) is 0 Å². The lowest BCUT2D eigenvalue weighted by atomic mass is 10.2. The van der Waals surface area contributed by atoms with Gasteiger partial charge >= 0.3 is 0 Å². The molecule has 0 spiro atoms. The van der Waals surface area contributed by atoms with Crippen LogP contribution in [0.25, 0.3) is 21.8 Å². The van der Waals surface area contributed by atoms with Crippen LogP contribution in [-0.4, -0.2) is 25.7 Å². The van der Waals surface area contributed by atoms with E-state index in [1.807, 2.05) is 42.5 Å². The molecular weight excluding hydrogens is 372 g/mol. The summed E-state index contributed by atoms with van der Waals surface area (Å²) < 4.78 is 1.48. The van der Waals surface area contributed by atoms with Crippen molar-refractivity contribution in [2.24, 2.45) is 7.05 Å². The van der Waals surface area contributed by atoms with Gasteiger partial charge in [0, 0.05) is 18.6 Å². The highest BCUT2D eigenvalue weighted by Gasteiger charge is 2.19. The SMILES string of the molecule is C[C@H](Sc1nc2ccccc2c(=O)n1C)C(=O)Nc1cccc2ncccc12. The van der Waals surface area contributed by atoms with Crippen molar-refractivity contribution in [1.82, 2.24) is 14.5 Å². The van der Waals surface area contributed by atoms with Gasteiger partial charge in [0.25, 0.3) is 5.56 Å². The average Bonchev–Trinajstić information content (AvgIpc) is 2.72. The zero-order valence-corrected chi connectivity index (χ0v) is 16.2. The molecular formula is C21H18N4O2S. The van der Waals surface area contributed by atoms with Gasteiger partial charge in [0.2, 0.25) is 5.91 Å². The van der Waals surface area contributed by atoms with E-state index in [9.17, 15) is 9.59 Å². The van der Waals surface area contributed by atoms with E-state index in [2.05, 4.69) is 15.3 Å². The Morgan fingerprint density at radius 2 is 1.79 bits per heavy atom. The van der Waals surface area contributed by atoms with Gasteiger partial charge in [-0.05, 0) is 43.3 Å². The summed E-state index contributed by atoms with van der Waals surface area (Å²) >= 11 is 1.26. The summed E-state index contributed by atoms with van der Waals surface area (Å²) in [5, 5.41) is 4.47. The Bertz CT molecular complexity index is 1250. The van der Waals surface area contributed by atoms with Crippen molar-refractivity contribution in [2.75, 3.05) is 5.32 Å². The summed E-state index contributed by atoms with van der Waals surface area (Å²) in [5.41, 5.74) is 2.03. The van der Waals surface area contributed by atoms with E-state index in [0.29, 0.717) is 21.7 Å². The zero-order chi connectivity index (χ0) is 19.7. The molecule has 1 N–H and O–H groups in total. The third-order valence-corrected chi connectivity index (χ3v) is 5.64. The Morgan fingerprint density at radius 3 is 2.64 bits per heavy atom. The number of carbonyl (C=O) groups is 1. The fourth-order valence-electron chi connectivity index (χ4n) is 2.96. The number of pyridine rings is 1. The molecule has 0 saturated heterocycles. The molecule has 6 nitrogen and oxygen atoms in total. The molecule has 1 amide bonds. The average molecular weight is 390 g/mol. The summed E-state index contributed by atoms with van der Waals surface area (Å²) in [6.07, 6.45) is 1.72. The van der Waals surface area contributed by atoms with Crippen molar-refractivity contribution in [2.45, 2.75) is 17.3 Å². The number of nitrogens with zero attached hydrogens (tertiary/aromatic N) is 3. The molecule has 0 radical (unpaired) electrons. The fourth-order valence-corrected chi connectivity index (χ4v) is 3.84. The van der Waals surface area contributed by atoms with Crippen LogP contribution in [0.1, 0.15) is 6.92 Å². The van der Waals surface area contributed by atoms with Crippen LogP contribution < -0.4 is 10.9 Å². The fraction of sp³-hybridized carbons (Fsp3) is 0.143. The number of amides is 1. The number of aromatic nitrogens is 3. The Kier molecular flexibility index (Phi) is 4.83. The van der Waals surface area contributed by atoms with Crippen molar-refractivity contribution in [1.29, 1.82) is 0 Å². The maximum atomic E-state index is 12.8. The first-order valence-electron chi connectivity index (χ1n) is 8.81. The quantitative estimate of drug-likeness (QED) is 0.426. The topological polar surface area (TPSA) is 76.9 Å². The predicted molar refractivity (Wildman–Crippen MR) is 113 cm³/mol.